The van der Waals surface area contributed by atoms with E-state index in [9.17, 15) is 4.79 Å². The summed E-state index contributed by atoms with van der Waals surface area (Å²) in [5.41, 5.74) is 1.80. The summed E-state index contributed by atoms with van der Waals surface area (Å²) in [7, 11) is 1.99. The molecule has 1 aliphatic heterocycles. The maximum absolute atomic E-state index is 12.0. The van der Waals surface area contributed by atoms with Crippen molar-refractivity contribution in [3.63, 3.8) is 0 Å². The summed E-state index contributed by atoms with van der Waals surface area (Å²) < 4.78 is 0. The quantitative estimate of drug-likeness (QED) is 0.886. The lowest BCUT2D eigenvalue weighted by molar-refractivity contribution is -0.117. The van der Waals surface area contributed by atoms with Crippen LogP contribution in [0.15, 0.2) is 18.2 Å². The van der Waals surface area contributed by atoms with Gasteiger partial charge in [0.15, 0.2) is 0 Å². The first-order valence-corrected chi connectivity index (χ1v) is 6.91. The van der Waals surface area contributed by atoms with E-state index in [1.807, 2.05) is 26.1 Å². The zero-order valence-corrected chi connectivity index (χ0v) is 12.1. The number of likely N-dealkylation sites (N-methyl/N-ethyl adjacent to an activating group) is 1. The van der Waals surface area contributed by atoms with Crippen LogP contribution in [0.4, 0.5) is 5.69 Å². The Morgan fingerprint density at radius 1 is 1.58 bits per heavy atom. The Labute approximate surface area is 119 Å². The van der Waals surface area contributed by atoms with Crippen molar-refractivity contribution in [2.24, 2.45) is 0 Å². The molecule has 1 fully saturated rings. The molecule has 0 spiro atoms. The van der Waals surface area contributed by atoms with E-state index >= 15 is 0 Å². The van der Waals surface area contributed by atoms with Crippen LogP contribution in [-0.4, -0.2) is 43.5 Å². The van der Waals surface area contributed by atoms with Crippen molar-refractivity contribution in [2.75, 3.05) is 32.0 Å². The van der Waals surface area contributed by atoms with Gasteiger partial charge in [0.1, 0.15) is 0 Å². The molecule has 2 N–H and O–H groups in total. The van der Waals surface area contributed by atoms with Crippen molar-refractivity contribution in [3.05, 3.63) is 28.8 Å². The Balaban J connectivity index is 1.91. The highest BCUT2D eigenvalue weighted by Gasteiger charge is 2.20. The Hall–Kier alpha value is -1.10. The number of carbonyl (C=O) groups is 1. The summed E-state index contributed by atoms with van der Waals surface area (Å²) in [5.74, 6) is -0.000216. The van der Waals surface area contributed by atoms with Crippen LogP contribution in [0.2, 0.25) is 5.02 Å². The predicted octanol–water partition coefficient (Wildman–Crippen LogP) is 1.88. The number of anilines is 1. The lowest BCUT2D eigenvalue weighted by Crippen LogP contribution is -2.39. The fourth-order valence-corrected chi connectivity index (χ4v) is 2.46. The molecule has 4 nitrogen and oxygen atoms in total. The molecule has 1 aliphatic rings. The number of nitrogens with one attached hydrogen (secondary N) is 2. The van der Waals surface area contributed by atoms with Gasteiger partial charge in [-0.25, -0.2) is 0 Å². The molecule has 1 saturated heterocycles. The van der Waals surface area contributed by atoms with E-state index in [4.69, 9.17) is 11.6 Å². The second kappa shape index (κ2) is 6.37. The lowest BCUT2D eigenvalue weighted by Gasteiger charge is -2.22. The highest BCUT2D eigenvalue weighted by atomic mass is 35.5. The lowest BCUT2D eigenvalue weighted by atomic mass is 10.2. The van der Waals surface area contributed by atoms with Gasteiger partial charge in [-0.3, -0.25) is 9.69 Å². The molecule has 5 heteroatoms. The summed E-state index contributed by atoms with van der Waals surface area (Å²) in [6, 6.07) is 5.96. The largest absolute Gasteiger partial charge is 0.325 e. The number of nitrogens with zero attached hydrogens (tertiary/aromatic N) is 1. The Morgan fingerprint density at radius 3 is 3.05 bits per heavy atom. The summed E-state index contributed by atoms with van der Waals surface area (Å²) in [6.07, 6.45) is 1.10. The van der Waals surface area contributed by atoms with Gasteiger partial charge in [0.05, 0.1) is 6.54 Å². The number of benzene rings is 1. The molecule has 2 rings (SSSR count). The van der Waals surface area contributed by atoms with Crippen LogP contribution in [0.25, 0.3) is 0 Å². The van der Waals surface area contributed by atoms with E-state index in [0.717, 1.165) is 30.8 Å². The molecule has 1 unspecified atom stereocenters. The van der Waals surface area contributed by atoms with Gasteiger partial charge in [0, 0.05) is 23.3 Å². The highest BCUT2D eigenvalue weighted by Crippen LogP contribution is 2.20. The van der Waals surface area contributed by atoms with Gasteiger partial charge < -0.3 is 10.6 Å². The standard InChI is InChI=1S/C14H20ClN3O/c1-10-3-4-11(15)7-13(10)17-14(19)9-18(2)12-5-6-16-8-12/h3-4,7,12,16H,5-6,8-9H2,1-2H3,(H,17,19). The molecular formula is C14H20ClN3O. The van der Waals surface area contributed by atoms with E-state index in [2.05, 4.69) is 15.5 Å². The van der Waals surface area contributed by atoms with Crippen LogP contribution >= 0.6 is 11.6 Å². The Kier molecular flexibility index (Phi) is 4.80. The monoisotopic (exact) mass is 281 g/mol. The maximum Gasteiger partial charge on any atom is 0.238 e. The molecule has 0 aromatic heterocycles. The van der Waals surface area contributed by atoms with Crippen LogP contribution in [0.1, 0.15) is 12.0 Å². The number of rotatable bonds is 4. The molecule has 1 heterocycles. The van der Waals surface area contributed by atoms with Crippen molar-refractivity contribution in [1.82, 2.24) is 10.2 Å². The van der Waals surface area contributed by atoms with Gasteiger partial charge >= 0.3 is 0 Å². The average molecular weight is 282 g/mol. The molecule has 1 atom stereocenters. The minimum Gasteiger partial charge on any atom is -0.325 e. The van der Waals surface area contributed by atoms with Crippen LogP contribution in [0.5, 0.6) is 0 Å². The topological polar surface area (TPSA) is 44.4 Å². The van der Waals surface area contributed by atoms with Gasteiger partial charge in [0.2, 0.25) is 5.91 Å². The molecule has 0 radical (unpaired) electrons. The van der Waals surface area contributed by atoms with Gasteiger partial charge in [-0.05, 0) is 44.6 Å². The van der Waals surface area contributed by atoms with Crippen molar-refractivity contribution in [1.29, 1.82) is 0 Å². The molecule has 1 aromatic rings. The molecule has 19 heavy (non-hydrogen) atoms. The number of aryl methyl sites for hydroxylation is 1. The number of carbonyl (C=O) groups excluding carboxylic acids is 1. The molecule has 0 aliphatic carbocycles. The van der Waals surface area contributed by atoms with E-state index in [0.29, 0.717) is 17.6 Å². The summed E-state index contributed by atoms with van der Waals surface area (Å²) in [6.45, 7) is 4.35. The van der Waals surface area contributed by atoms with Crippen LogP contribution in [0, 0.1) is 6.92 Å². The average Bonchev–Trinajstić information content (AvgIpc) is 2.87. The number of halogens is 1. The van der Waals surface area contributed by atoms with Crippen molar-refractivity contribution >= 4 is 23.2 Å². The maximum atomic E-state index is 12.0. The zero-order chi connectivity index (χ0) is 13.8. The molecule has 0 bridgehead atoms. The van der Waals surface area contributed by atoms with Gasteiger partial charge in [-0.1, -0.05) is 17.7 Å². The molecule has 1 amide bonds. The molecular weight excluding hydrogens is 262 g/mol. The van der Waals surface area contributed by atoms with Crippen molar-refractivity contribution < 1.29 is 4.79 Å². The van der Waals surface area contributed by atoms with Crippen LogP contribution < -0.4 is 10.6 Å². The SMILES string of the molecule is Cc1ccc(Cl)cc1NC(=O)CN(C)C1CCNC1. The third-order valence-corrected chi connectivity index (χ3v) is 3.76. The summed E-state index contributed by atoms with van der Waals surface area (Å²) in [5, 5.41) is 6.86. The first-order chi connectivity index (χ1) is 9.06. The van der Waals surface area contributed by atoms with Gasteiger partial charge in [0.25, 0.3) is 0 Å². The minimum absolute atomic E-state index is 0.000216. The Bertz CT molecular complexity index is 458. The van der Waals surface area contributed by atoms with E-state index in [1.165, 1.54) is 0 Å². The van der Waals surface area contributed by atoms with Crippen molar-refractivity contribution in [2.45, 2.75) is 19.4 Å². The van der Waals surface area contributed by atoms with Crippen LogP contribution in [0.3, 0.4) is 0 Å². The van der Waals surface area contributed by atoms with Crippen LogP contribution in [-0.2, 0) is 4.79 Å². The minimum atomic E-state index is -0.000216. The zero-order valence-electron chi connectivity index (χ0n) is 11.4. The predicted molar refractivity (Wildman–Crippen MR) is 78.7 cm³/mol. The normalized spacial score (nSPS) is 18.8. The number of hydrogen-bond donors (Lipinski definition) is 2. The molecule has 104 valence electrons. The Morgan fingerprint density at radius 2 is 2.37 bits per heavy atom. The van der Waals surface area contributed by atoms with E-state index < -0.39 is 0 Å². The summed E-state index contributed by atoms with van der Waals surface area (Å²) >= 11 is 5.94. The fraction of sp³-hybridized carbons (Fsp3) is 0.500. The number of amides is 1. The fourth-order valence-electron chi connectivity index (χ4n) is 2.29. The third-order valence-electron chi connectivity index (χ3n) is 3.52. The second-order valence-electron chi connectivity index (χ2n) is 5.07. The highest BCUT2D eigenvalue weighted by molar-refractivity contribution is 6.31. The summed E-state index contributed by atoms with van der Waals surface area (Å²) in [4.78, 5) is 14.1. The smallest absolute Gasteiger partial charge is 0.238 e. The first kappa shape index (κ1) is 14.3. The van der Waals surface area contributed by atoms with Gasteiger partial charge in [-0.15, -0.1) is 0 Å². The third kappa shape index (κ3) is 3.93. The first-order valence-electron chi connectivity index (χ1n) is 6.53. The molecule has 1 aromatic carbocycles. The molecule has 0 saturated carbocycles. The number of hydrogen-bond acceptors (Lipinski definition) is 3. The van der Waals surface area contributed by atoms with E-state index in [-0.39, 0.29) is 5.91 Å². The van der Waals surface area contributed by atoms with Crippen molar-refractivity contribution in [3.8, 4) is 0 Å². The van der Waals surface area contributed by atoms with Gasteiger partial charge in [-0.2, -0.15) is 0 Å². The second-order valence-corrected chi connectivity index (χ2v) is 5.51. The van der Waals surface area contributed by atoms with E-state index in [1.54, 1.807) is 6.07 Å².